The molecule has 3 nitrogen and oxygen atoms in total. The van der Waals surface area contributed by atoms with Gasteiger partial charge in [0.05, 0.1) is 6.61 Å². The Morgan fingerprint density at radius 2 is 1.70 bits per heavy atom. The summed E-state index contributed by atoms with van der Waals surface area (Å²) < 4.78 is 10.5. The summed E-state index contributed by atoms with van der Waals surface area (Å²) in [4.78, 5) is 4.15. The van der Waals surface area contributed by atoms with E-state index in [9.17, 15) is 0 Å². The van der Waals surface area contributed by atoms with Gasteiger partial charge in [-0.1, -0.05) is 25.8 Å². The minimum atomic E-state index is 0.738. The van der Waals surface area contributed by atoms with Gasteiger partial charge in [-0.25, -0.2) is 4.98 Å². The molecule has 0 aliphatic heterocycles. The molecule has 0 N–H and O–H groups in total. The van der Waals surface area contributed by atoms with Crippen molar-refractivity contribution in [2.45, 2.75) is 47.0 Å². The van der Waals surface area contributed by atoms with Gasteiger partial charge in [0.15, 0.2) is 0 Å². The molecule has 0 aliphatic rings. The third-order valence-corrected chi connectivity index (χ3v) is 2.76. The number of pyridine rings is 1. The molecular weight excluding hydrogens is 250 g/mol. The van der Waals surface area contributed by atoms with E-state index in [1.54, 1.807) is 0 Å². The minimum absolute atomic E-state index is 0.738. The number of unbranched alkanes of at least 4 members (excludes halogenated alkanes) is 2. The van der Waals surface area contributed by atoms with E-state index in [2.05, 4.69) is 11.9 Å². The molecule has 0 bridgehead atoms. The zero-order valence-corrected chi connectivity index (χ0v) is 13.0. The maximum atomic E-state index is 5.45. The molecule has 2 rings (SSSR count). The number of nitrogens with zero attached hydrogens (tertiary/aromatic N) is 1. The Hall–Kier alpha value is -1.77. The van der Waals surface area contributed by atoms with Crippen LogP contribution in [0.3, 0.4) is 0 Å². The van der Waals surface area contributed by atoms with Gasteiger partial charge in [-0.3, -0.25) is 0 Å². The quantitative estimate of drug-likeness (QED) is 0.731. The van der Waals surface area contributed by atoms with Crippen LogP contribution in [-0.4, -0.2) is 11.6 Å². The summed E-state index contributed by atoms with van der Waals surface area (Å²) in [6, 6.07) is 7.84. The lowest BCUT2D eigenvalue weighted by molar-refractivity contribution is 0.295. The van der Waals surface area contributed by atoms with Crippen molar-refractivity contribution in [2.24, 2.45) is 0 Å². The van der Waals surface area contributed by atoms with Gasteiger partial charge in [0.25, 0.3) is 0 Å². The molecule has 0 saturated carbocycles. The fraction of sp³-hybridized carbons (Fsp3) is 0.471. The first kappa shape index (κ1) is 16.3. The van der Waals surface area contributed by atoms with Crippen molar-refractivity contribution < 1.29 is 9.15 Å². The summed E-state index contributed by atoms with van der Waals surface area (Å²) in [5, 5.41) is 0. The van der Waals surface area contributed by atoms with Gasteiger partial charge < -0.3 is 9.15 Å². The SMILES string of the molecule is CCCCCOc1ccc(C)cn1.Cc1ccc(C)o1. The molecule has 0 fully saturated rings. The van der Waals surface area contributed by atoms with Gasteiger partial charge in [-0.15, -0.1) is 0 Å². The van der Waals surface area contributed by atoms with Crippen LogP contribution in [0, 0.1) is 20.8 Å². The highest BCUT2D eigenvalue weighted by Crippen LogP contribution is 2.07. The molecule has 110 valence electrons. The van der Waals surface area contributed by atoms with Gasteiger partial charge in [0.1, 0.15) is 11.5 Å². The first-order valence-corrected chi connectivity index (χ1v) is 7.20. The highest BCUT2D eigenvalue weighted by molar-refractivity contribution is 5.16. The second-order valence-electron chi connectivity index (χ2n) is 4.89. The van der Waals surface area contributed by atoms with Gasteiger partial charge in [0.2, 0.25) is 5.88 Å². The molecule has 2 aromatic rings. The molecule has 0 amide bonds. The van der Waals surface area contributed by atoms with E-state index in [1.165, 1.54) is 18.4 Å². The van der Waals surface area contributed by atoms with Gasteiger partial charge >= 0.3 is 0 Å². The summed E-state index contributed by atoms with van der Waals surface area (Å²) >= 11 is 0. The average molecular weight is 275 g/mol. The minimum Gasteiger partial charge on any atom is -0.478 e. The number of hydrogen-bond acceptors (Lipinski definition) is 3. The number of rotatable bonds is 5. The van der Waals surface area contributed by atoms with Crippen LogP contribution in [0.4, 0.5) is 0 Å². The van der Waals surface area contributed by atoms with Crippen LogP contribution in [0.15, 0.2) is 34.9 Å². The van der Waals surface area contributed by atoms with E-state index in [1.807, 2.05) is 51.2 Å². The Morgan fingerprint density at radius 3 is 2.15 bits per heavy atom. The average Bonchev–Trinajstić information content (AvgIpc) is 2.81. The summed E-state index contributed by atoms with van der Waals surface area (Å²) in [5.74, 6) is 2.71. The lowest BCUT2D eigenvalue weighted by Gasteiger charge is -2.03. The molecule has 0 unspecified atom stereocenters. The highest BCUT2D eigenvalue weighted by atomic mass is 16.5. The maximum absolute atomic E-state index is 5.45. The van der Waals surface area contributed by atoms with Crippen molar-refractivity contribution in [3.63, 3.8) is 0 Å². The summed E-state index contributed by atoms with van der Waals surface area (Å²) in [7, 11) is 0. The van der Waals surface area contributed by atoms with E-state index in [4.69, 9.17) is 9.15 Å². The summed E-state index contributed by atoms with van der Waals surface area (Å²) in [5.41, 5.74) is 1.17. The van der Waals surface area contributed by atoms with Crippen molar-refractivity contribution in [1.29, 1.82) is 0 Å². The van der Waals surface area contributed by atoms with Crippen LogP contribution in [0.1, 0.15) is 43.3 Å². The largest absolute Gasteiger partial charge is 0.478 e. The van der Waals surface area contributed by atoms with E-state index in [0.717, 1.165) is 30.4 Å². The predicted octanol–water partition coefficient (Wildman–Crippen LogP) is 4.86. The van der Waals surface area contributed by atoms with E-state index < -0.39 is 0 Å². The molecular formula is C17H25NO2. The Morgan fingerprint density at radius 1 is 1.00 bits per heavy atom. The molecule has 0 radical (unpaired) electrons. The molecule has 0 saturated heterocycles. The van der Waals surface area contributed by atoms with E-state index in [0.29, 0.717) is 0 Å². The Labute approximate surface area is 122 Å². The first-order chi connectivity index (χ1) is 9.61. The van der Waals surface area contributed by atoms with Crippen molar-refractivity contribution in [2.75, 3.05) is 6.61 Å². The molecule has 0 spiro atoms. The summed E-state index contributed by atoms with van der Waals surface area (Å²) in [6.45, 7) is 8.86. The summed E-state index contributed by atoms with van der Waals surface area (Å²) in [6.07, 6.45) is 5.40. The van der Waals surface area contributed by atoms with Gasteiger partial charge in [-0.05, 0) is 44.9 Å². The first-order valence-electron chi connectivity index (χ1n) is 7.20. The van der Waals surface area contributed by atoms with E-state index >= 15 is 0 Å². The fourth-order valence-electron chi connectivity index (χ4n) is 1.63. The van der Waals surface area contributed by atoms with Crippen molar-refractivity contribution >= 4 is 0 Å². The number of aromatic nitrogens is 1. The van der Waals surface area contributed by atoms with Crippen LogP contribution < -0.4 is 4.74 Å². The topological polar surface area (TPSA) is 35.3 Å². The molecule has 0 aliphatic carbocycles. The zero-order chi connectivity index (χ0) is 14.8. The predicted molar refractivity (Wildman–Crippen MR) is 82.2 cm³/mol. The van der Waals surface area contributed by atoms with Crippen molar-refractivity contribution in [3.05, 3.63) is 47.5 Å². The van der Waals surface area contributed by atoms with Gasteiger partial charge in [0, 0.05) is 12.3 Å². The number of ether oxygens (including phenoxy) is 1. The van der Waals surface area contributed by atoms with Crippen molar-refractivity contribution in [1.82, 2.24) is 4.98 Å². The Balaban J connectivity index is 0.000000240. The third-order valence-electron chi connectivity index (χ3n) is 2.76. The fourth-order valence-corrected chi connectivity index (χ4v) is 1.63. The standard InChI is InChI=1S/C11H17NO.C6H8O/c1-3-4-5-8-13-11-7-6-10(2)9-12-11;1-5-3-4-6(2)7-5/h6-7,9H,3-5,8H2,1-2H3;3-4H,1-2H3. The van der Waals surface area contributed by atoms with Crippen molar-refractivity contribution in [3.8, 4) is 5.88 Å². The second kappa shape index (κ2) is 9.18. The zero-order valence-electron chi connectivity index (χ0n) is 13.0. The molecule has 2 aromatic heterocycles. The second-order valence-corrected chi connectivity index (χ2v) is 4.89. The normalized spacial score (nSPS) is 9.80. The third kappa shape index (κ3) is 6.98. The van der Waals surface area contributed by atoms with Crippen LogP contribution in [0.2, 0.25) is 0 Å². The number of aryl methyl sites for hydroxylation is 3. The monoisotopic (exact) mass is 275 g/mol. The van der Waals surface area contributed by atoms with Crippen LogP contribution in [0.5, 0.6) is 5.88 Å². The van der Waals surface area contributed by atoms with Crippen LogP contribution in [0.25, 0.3) is 0 Å². The number of hydrogen-bond donors (Lipinski definition) is 0. The molecule has 0 aromatic carbocycles. The molecule has 2 heterocycles. The lowest BCUT2D eigenvalue weighted by atomic mass is 10.3. The molecule has 3 heteroatoms. The lowest BCUT2D eigenvalue weighted by Crippen LogP contribution is -1.98. The van der Waals surface area contributed by atoms with Gasteiger partial charge in [-0.2, -0.15) is 0 Å². The maximum Gasteiger partial charge on any atom is 0.213 e. The highest BCUT2D eigenvalue weighted by Gasteiger charge is 1.93. The smallest absolute Gasteiger partial charge is 0.213 e. The van der Waals surface area contributed by atoms with E-state index in [-0.39, 0.29) is 0 Å². The Bertz CT molecular complexity index is 457. The Kier molecular flexibility index (Phi) is 7.48. The molecule has 20 heavy (non-hydrogen) atoms. The van der Waals surface area contributed by atoms with Crippen LogP contribution >= 0.6 is 0 Å². The molecule has 0 atom stereocenters. The number of furan rings is 1. The van der Waals surface area contributed by atoms with Crippen LogP contribution in [-0.2, 0) is 0 Å².